The van der Waals surface area contributed by atoms with E-state index in [4.69, 9.17) is 0 Å². The van der Waals surface area contributed by atoms with Gasteiger partial charge in [0.1, 0.15) is 6.54 Å². The van der Waals surface area contributed by atoms with Crippen LogP contribution in [0.4, 0.5) is 5.13 Å². The van der Waals surface area contributed by atoms with Crippen LogP contribution in [0.1, 0.15) is 20.7 Å². The summed E-state index contributed by atoms with van der Waals surface area (Å²) in [7, 11) is 0. The third kappa shape index (κ3) is 3.05. The Morgan fingerprint density at radius 2 is 1.50 bits per heavy atom. The lowest BCUT2D eigenvalue weighted by Crippen LogP contribution is -2.37. The molecule has 3 amide bonds. The zero-order valence-electron chi connectivity index (χ0n) is 15.7. The van der Waals surface area contributed by atoms with E-state index < -0.39 is 17.7 Å². The van der Waals surface area contributed by atoms with Gasteiger partial charge < -0.3 is 5.32 Å². The Morgan fingerprint density at radius 3 is 2.27 bits per heavy atom. The number of hydrogen-bond donors (Lipinski definition) is 1. The number of anilines is 1. The van der Waals surface area contributed by atoms with Crippen molar-refractivity contribution in [3.05, 3.63) is 83.2 Å². The number of carbonyl (C=O) groups is 3. The average molecular weight is 413 g/mol. The molecule has 1 aliphatic heterocycles. The van der Waals surface area contributed by atoms with Gasteiger partial charge >= 0.3 is 0 Å². The van der Waals surface area contributed by atoms with Crippen molar-refractivity contribution in [1.82, 2.24) is 9.88 Å². The minimum absolute atomic E-state index is 0.322. The number of fused-ring (bicyclic) bond motifs is 2. The molecule has 0 atom stereocenters. The smallest absolute Gasteiger partial charge is 0.262 e. The molecule has 7 heteroatoms. The molecule has 30 heavy (non-hydrogen) atoms. The Labute approximate surface area is 175 Å². The molecule has 6 nitrogen and oxygen atoms in total. The number of hydrogen-bond acceptors (Lipinski definition) is 5. The summed E-state index contributed by atoms with van der Waals surface area (Å²) in [5.74, 6) is -1.38. The summed E-state index contributed by atoms with van der Waals surface area (Å²) >= 11 is 1.30. The first-order chi connectivity index (χ1) is 14.6. The van der Waals surface area contributed by atoms with Crippen molar-refractivity contribution in [2.45, 2.75) is 0 Å². The number of nitrogens with one attached hydrogen (secondary N) is 1. The molecule has 0 radical (unpaired) electrons. The number of nitrogens with zero attached hydrogens (tertiary/aromatic N) is 2. The lowest BCUT2D eigenvalue weighted by molar-refractivity contribution is -0.116. The van der Waals surface area contributed by atoms with Gasteiger partial charge in [-0.25, -0.2) is 4.98 Å². The van der Waals surface area contributed by atoms with Crippen LogP contribution in [0.25, 0.3) is 22.0 Å². The SMILES string of the molecule is O=C(CN1C(=O)c2ccccc2C1=O)Nc1nc(-c2cccc3ccccc23)cs1. The van der Waals surface area contributed by atoms with Gasteiger partial charge in [0.2, 0.25) is 5.91 Å². The highest BCUT2D eigenvalue weighted by molar-refractivity contribution is 7.14. The molecule has 0 fully saturated rings. The third-order valence-corrected chi connectivity index (χ3v) is 5.75. The van der Waals surface area contributed by atoms with Gasteiger partial charge in [0.15, 0.2) is 5.13 Å². The highest BCUT2D eigenvalue weighted by atomic mass is 32.1. The zero-order valence-corrected chi connectivity index (χ0v) is 16.5. The van der Waals surface area contributed by atoms with E-state index in [1.165, 1.54) is 11.3 Å². The molecule has 2 heterocycles. The maximum Gasteiger partial charge on any atom is 0.262 e. The van der Waals surface area contributed by atoms with Crippen molar-refractivity contribution < 1.29 is 14.4 Å². The van der Waals surface area contributed by atoms with E-state index in [0.717, 1.165) is 26.9 Å². The fourth-order valence-corrected chi connectivity index (χ4v) is 4.32. The molecule has 5 rings (SSSR count). The third-order valence-electron chi connectivity index (χ3n) is 5.00. The number of carbonyl (C=O) groups excluding carboxylic acids is 3. The highest BCUT2D eigenvalue weighted by Gasteiger charge is 2.36. The van der Waals surface area contributed by atoms with E-state index in [9.17, 15) is 14.4 Å². The maximum atomic E-state index is 12.5. The first-order valence-electron chi connectivity index (χ1n) is 9.30. The molecule has 4 aromatic rings. The molecule has 1 N–H and O–H groups in total. The van der Waals surface area contributed by atoms with Crippen molar-refractivity contribution >= 4 is 45.0 Å². The number of amides is 3. The summed E-state index contributed by atoms with van der Waals surface area (Å²) in [4.78, 5) is 42.8. The van der Waals surface area contributed by atoms with Crippen LogP contribution in [0.15, 0.2) is 72.1 Å². The molecule has 1 aliphatic rings. The van der Waals surface area contributed by atoms with Crippen LogP contribution >= 0.6 is 11.3 Å². The van der Waals surface area contributed by atoms with E-state index in [0.29, 0.717) is 16.3 Å². The van der Waals surface area contributed by atoms with Gasteiger partial charge in [-0.2, -0.15) is 0 Å². The van der Waals surface area contributed by atoms with Gasteiger partial charge in [-0.3, -0.25) is 19.3 Å². The predicted octanol–water partition coefficient (Wildman–Crippen LogP) is 4.20. The number of imide groups is 1. The summed E-state index contributed by atoms with van der Waals surface area (Å²) in [6.45, 7) is -0.352. The van der Waals surface area contributed by atoms with Gasteiger partial charge in [-0.1, -0.05) is 54.6 Å². The maximum absolute atomic E-state index is 12.5. The van der Waals surface area contributed by atoms with Gasteiger partial charge in [-0.05, 0) is 22.9 Å². The second-order valence-corrected chi connectivity index (χ2v) is 7.71. The van der Waals surface area contributed by atoms with E-state index in [-0.39, 0.29) is 6.54 Å². The topological polar surface area (TPSA) is 79.4 Å². The van der Waals surface area contributed by atoms with Crippen LogP contribution in [-0.2, 0) is 4.79 Å². The molecule has 1 aromatic heterocycles. The van der Waals surface area contributed by atoms with Gasteiger partial charge in [-0.15, -0.1) is 11.3 Å². The number of rotatable bonds is 4. The highest BCUT2D eigenvalue weighted by Crippen LogP contribution is 2.31. The van der Waals surface area contributed by atoms with Gasteiger partial charge in [0, 0.05) is 10.9 Å². The monoisotopic (exact) mass is 413 g/mol. The Hall–Kier alpha value is -3.84. The first kappa shape index (κ1) is 18.2. The van der Waals surface area contributed by atoms with Crippen LogP contribution < -0.4 is 5.32 Å². The van der Waals surface area contributed by atoms with Crippen molar-refractivity contribution in [1.29, 1.82) is 0 Å². The molecule has 0 bridgehead atoms. The van der Waals surface area contributed by atoms with Crippen molar-refractivity contribution in [2.75, 3.05) is 11.9 Å². The second-order valence-electron chi connectivity index (χ2n) is 6.85. The summed E-state index contributed by atoms with van der Waals surface area (Å²) in [5.41, 5.74) is 2.38. The normalized spacial score (nSPS) is 13.0. The van der Waals surface area contributed by atoms with E-state index >= 15 is 0 Å². The summed E-state index contributed by atoms with van der Waals surface area (Å²) < 4.78 is 0. The Bertz CT molecular complexity index is 1290. The Kier molecular flexibility index (Phi) is 4.37. The molecule has 3 aromatic carbocycles. The van der Waals surface area contributed by atoms with Gasteiger partial charge in [0.05, 0.1) is 16.8 Å². The van der Waals surface area contributed by atoms with E-state index in [2.05, 4.69) is 10.3 Å². The fraction of sp³-hybridized carbons (Fsp3) is 0.0435. The predicted molar refractivity (Wildman–Crippen MR) is 115 cm³/mol. The molecule has 0 aliphatic carbocycles. The second kappa shape index (κ2) is 7.20. The summed E-state index contributed by atoms with van der Waals surface area (Å²) in [5, 5.41) is 7.18. The molecule has 0 spiro atoms. The number of benzene rings is 3. The van der Waals surface area contributed by atoms with Crippen LogP contribution in [0.5, 0.6) is 0 Å². The molecular formula is C23H15N3O3S. The zero-order chi connectivity index (χ0) is 20.7. The van der Waals surface area contributed by atoms with E-state index in [1.807, 2.05) is 47.8 Å². The lowest BCUT2D eigenvalue weighted by atomic mass is 10.0. The fourth-order valence-electron chi connectivity index (χ4n) is 3.59. The molecule has 146 valence electrons. The van der Waals surface area contributed by atoms with Crippen molar-refractivity contribution in [3.63, 3.8) is 0 Å². The average Bonchev–Trinajstić information content (AvgIpc) is 3.32. The quantitative estimate of drug-likeness (QED) is 0.509. The van der Waals surface area contributed by atoms with Gasteiger partial charge in [0.25, 0.3) is 11.8 Å². The summed E-state index contributed by atoms with van der Waals surface area (Å²) in [6.07, 6.45) is 0. The van der Waals surface area contributed by atoms with E-state index in [1.54, 1.807) is 24.3 Å². The molecule has 0 saturated carbocycles. The minimum atomic E-state index is -0.469. The number of thiazole rings is 1. The summed E-state index contributed by atoms with van der Waals surface area (Å²) in [6, 6.07) is 20.6. The standard InChI is InChI=1S/C23H15N3O3S/c27-20(12-26-21(28)17-9-3-4-10-18(17)22(26)29)25-23-24-19(13-30-23)16-11-5-7-14-6-1-2-8-15(14)16/h1-11,13H,12H2,(H,24,25,27). The van der Waals surface area contributed by atoms with Crippen LogP contribution in [0, 0.1) is 0 Å². The molecular weight excluding hydrogens is 398 g/mol. The largest absolute Gasteiger partial charge is 0.300 e. The Balaban J connectivity index is 1.33. The molecule has 0 unspecified atom stereocenters. The van der Waals surface area contributed by atoms with Crippen molar-refractivity contribution in [3.8, 4) is 11.3 Å². The first-order valence-corrected chi connectivity index (χ1v) is 10.2. The van der Waals surface area contributed by atoms with Crippen LogP contribution in [0.2, 0.25) is 0 Å². The minimum Gasteiger partial charge on any atom is -0.300 e. The number of aromatic nitrogens is 1. The molecule has 0 saturated heterocycles. The lowest BCUT2D eigenvalue weighted by Gasteiger charge is -2.12. The Morgan fingerprint density at radius 1 is 0.867 bits per heavy atom. The van der Waals surface area contributed by atoms with Crippen molar-refractivity contribution in [2.24, 2.45) is 0 Å². The van der Waals surface area contributed by atoms with Crippen LogP contribution in [-0.4, -0.2) is 34.2 Å². The van der Waals surface area contributed by atoms with Crippen LogP contribution in [0.3, 0.4) is 0 Å².